The van der Waals surface area contributed by atoms with Gasteiger partial charge < -0.3 is 10.1 Å². The number of aryl methyl sites for hydroxylation is 2. The van der Waals surface area contributed by atoms with Gasteiger partial charge in [0.05, 0.1) is 22.6 Å². The molecular weight excluding hydrogens is 412 g/mol. The van der Waals surface area contributed by atoms with Crippen LogP contribution in [-0.4, -0.2) is 21.7 Å². The van der Waals surface area contributed by atoms with Crippen molar-refractivity contribution < 1.29 is 14.3 Å². The molecule has 3 aromatic rings. The number of benzene rings is 1. The lowest BCUT2D eigenvalue weighted by Gasteiger charge is -2.13. The van der Waals surface area contributed by atoms with Gasteiger partial charge in [-0.25, -0.2) is 9.48 Å². The summed E-state index contributed by atoms with van der Waals surface area (Å²) in [6, 6.07) is 11.6. The monoisotopic (exact) mass is 434 g/mol. The highest BCUT2D eigenvalue weighted by Gasteiger charge is 2.28. The van der Waals surface area contributed by atoms with Crippen molar-refractivity contribution in [3.8, 4) is 11.8 Å². The van der Waals surface area contributed by atoms with Crippen molar-refractivity contribution in [1.29, 1.82) is 5.26 Å². The van der Waals surface area contributed by atoms with E-state index in [0.29, 0.717) is 27.5 Å². The summed E-state index contributed by atoms with van der Waals surface area (Å²) in [6.07, 6.45) is 3.77. The lowest BCUT2D eigenvalue weighted by molar-refractivity contribution is -0.114. The van der Waals surface area contributed by atoms with E-state index in [0.717, 1.165) is 41.8 Å². The summed E-state index contributed by atoms with van der Waals surface area (Å²) in [5, 5.41) is 17.4. The average molecular weight is 435 g/mol. The van der Waals surface area contributed by atoms with Crippen LogP contribution in [0.2, 0.25) is 0 Å². The molecule has 0 aliphatic heterocycles. The first-order valence-electron chi connectivity index (χ1n) is 10.1. The van der Waals surface area contributed by atoms with Crippen LogP contribution in [0.4, 0.5) is 5.00 Å². The molecule has 4 rings (SSSR count). The maximum Gasteiger partial charge on any atom is 0.341 e. The topological polar surface area (TPSA) is 97.0 Å². The van der Waals surface area contributed by atoms with Crippen LogP contribution in [0.3, 0.4) is 0 Å². The molecule has 8 heteroatoms. The van der Waals surface area contributed by atoms with Crippen LogP contribution in [0.25, 0.3) is 5.69 Å². The van der Waals surface area contributed by atoms with Gasteiger partial charge in [-0.3, -0.25) is 4.79 Å². The Labute approximate surface area is 184 Å². The molecule has 0 bridgehead atoms. The van der Waals surface area contributed by atoms with E-state index < -0.39 is 5.97 Å². The number of amides is 1. The quantitative estimate of drug-likeness (QED) is 0.604. The third-order valence-corrected chi connectivity index (χ3v) is 6.48. The highest BCUT2D eigenvalue weighted by Crippen LogP contribution is 2.38. The molecule has 2 heterocycles. The Kier molecular flexibility index (Phi) is 5.87. The summed E-state index contributed by atoms with van der Waals surface area (Å²) in [4.78, 5) is 25.9. The molecule has 0 spiro atoms. The summed E-state index contributed by atoms with van der Waals surface area (Å²) in [6.45, 7) is 3.09. The number of aromatic nitrogens is 2. The van der Waals surface area contributed by atoms with Gasteiger partial charge in [-0.15, -0.1) is 11.3 Å². The van der Waals surface area contributed by atoms with Crippen LogP contribution in [0, 0.1) is 18.3 Å². The van der Waals surface area contributed by atoms with Gasteiger partial charge in [-0.1, -0.05) is 18.2 Å². The number of ether oxygens (including phenoxy) is 1. The number of esters is 1. The molecule has 0 radical (unpaired) electrons. The maximum atomic E-state index is 13.1. The Balaban J connectivity index is 1.65. The molecule has 1 aliphatic rings. The fraction of sp³-hybridized carbons (Fsp3) is 0.304. The molecule has 1 aliphatic carbocycles. The lowest BCUT2D eigenvalue weighted by Crippen LogP contribution is -2.15. The number of hydrogen-bond donors (Lipinski definition) is 1. The smallest absolute Gasteiger partial charge is 0.341 e. The third-order valence-electron chi connectivity index (χ3n) is 5.27. The molecule has 0 unspecified atom stereocenters. The molecular formula is C23H22N4O3S. The van der Waals surface area contributed by atoms with Gasteiger partial charge >= 0.3 is 5.97 Å². The fourth-order valence-corrected chi connectivity index (χ4v) is 5.20. The number of anilines is 1. The minimum Gasteiger partial charge on any atom is -0.455 e. The second-order valence-electron chi connectivity index (χ2n) is 7.44. The number of hydrogen-bond acceptors (Lipinski definition) is 6. The predicted octanol–water partition coefficient (Wildman–Crippen LogP) is 4.31. The summed E-state index contributed by atoms with van der Waals surface area (Å²) < 4.78 is 7.32. The summed E-state index contributed by atoms with van der Waals surface area (Å²) >= 11 is 1.45. The van der Waals surface area contributed by atoms with E-state index in [9.17, 15) is 14.9 Å². The molecule has 1 aromatic carbocycles. The molecule has 0 saturated heterocycles. The number of carbonyl (C=O) groups excluding carboxylic acids is 2. The van der Waals surface area contributed by atoms with E-state index >= 15 is 0 Å². The van der Waals surface area contributed by atoms with Crippen molar-refractivity contribution in [3.05, 3.63) is 63.3 Å². The van der Waals surface area contributed by atoms with E-state index in [1.165, 1.54) is 18.3 Å². The second kappa shape index (κ2) is 8.74. The van der Waals surface area contributed by atoms with E-state index in [2.05, 4.69) is 16.5 Å². The van der Waals surface area contributed by atoms with Gasteiger partial charge in [-0.05, 0) is 50.3 Å². The van der Waals surface area contributed by atoms with Crippen molar-refractivity contribution in [1.82, 2.24) is 9.78 Å². The number of nitriles is 1. The van der Waals surface area contributed by atoms with Crippen molar-refractivity contribution in [3.63, 3.8) is 0 Å². The number of thiophene rings is 1. The normalized spacial score (nSPS) is 12.7. The van der Waals surface area contributed by atoms with Crippen LogP contribution in [-0.2, 0) is 29.0 Å². The first kappa shape index (κ1) is 20.8. The van der Waals surface area contributed by atoms with Crippen LogP contribution in [0.1, 0.15) is 57.5 Å². The molecule has 0 atom stereocenters. The predicted molar refractivity (Wildman–Crippen MR) is 117 cm³/mol. The van der Waals surface area contributed by atoms with Gasteiger partial charge in [0, 0.05) is 11.8 Å². The standard InChI is InChI=1S/C23H22N4O3S/c1-14-18(12-24)19(27(26-14)16-8-4-3-5-9-16)13-30-23(29)21-17-10-6-7-11-20(17)31-22(21)25-15(2)28/h3-5,8-9H,6-7,10-11,13H2,1-2H3,(H,25,28). The largest absolute Gasteiger partial charge is 0.455 e. The van der Waals surface area contributed by atoms with Crippen molar-refractivity contribution in [2.45, 2.75) is 46.1 Å². The first-order chi connectivity index (χ1) is 15.0. The molecule has 1 N–H and O–H groups in total. The molecule has 158 valence electrons. The minimum absolute atomic E-state index is 0.0956. The minimum atomic E-state index is -0.495. The zero-order chi connectivity index (χ0) is 22.0. The Morgan fingerprint density at radius 3 is 2.71 bits per heavy atom. The van der Waals surface area contributed by atoms with Gasteiger partial charge in [-0.2, -0.15) is 10.4 Å². The third kappa shape index (κ3) is 4.09. The Bertz CT molecular complexity index is 1190. The fourth-order valence-electron chi connectivity index (χ4n) is 3.87. The second-order valence-corrected chi connectivity index (χ2v) is 8.54. The van der Waals surface area contributed by atoms with Crippen molar-refractivity contribution in [2.75, 3.05) is 5.32 Å². The van der Waals surface area contributed by atoms with Crippen molar-refractivity contribution >= 4 is 28.2 Å². The molecule has 7 nitrogen and oxygen atoms in total. The first-order valence-corrected chi connectivity index (χ1v) is 10.9. The van der Waals surface area contributed by atoms with E-state index in [1.807, 2.05) is 30.3 Å². The van der Waals surface area contributed by atoms with Gasteiger partial charge in [0.15, 0.2) is 0 Å². The Morgan fingerprint density at radius 1 is 1.26 bits per heavy atom. The molecule has 1 amide bonds. The molecule has 31 heavy (non-hydrogen) atoms. The van der Waals surface area contributed by atoms with E-state index in [-0.39, 0.29) is 12.5 Å². The van der Waals surface area contributed by atoms with Crippen LogP contribution in [0.15, 0.2) is 30.3 Å². The number of carbonyl (C=O) groups is 2. The van der Waals surface area contributed by atoms with Crippen LogP contribution >= 0.6 is 11.3 Å². The molecule has 0 fully saturated rings. The Hall–Kier alpha value is -3.44. The Morgan fingerprint density at radius 2 is 2.00 bits per heavy atom. The van der Waals surface area contributed by atoms with Crippen molar-refractivity contribution in [2.24, 2.45) is 0 Å². The average Bonchev–Trinajstić information content (AvgIpc) is 3.28. The highest BCUT2D eigenvalue weighted by atomic mass is 32.1. The zero-order valence-electron chi connectivity index (χ0n) is 17.4. The number of rotatable bonds is 5. The van der Waals surface area contributed by atoms with Gasteiger partial charge in [0.25, 0.3) is 0 Å². The van der Waals surface area contributed by atoms with Gasteiger partial charge in [0.2, 0.25) is 5.91 Å². The number of fused-ring (bicyclic) bond motifs is 1. The zero-order valence-corrected chi connectivity index (χ0v) is 18.2. The SMILES string of the molecule is CC(=O)Nc1sc2c(c1C(=O)OCc1c(C#N)c(C)nn1-c1ccccc1)CCCC2. The summed E-state index contributed by atoms with van der Waals surface area (Å²) in [5.74, 6) is -0.720. The van der Waals surface area contributed by atoms with Crippen LogP contribution < -0.4 is 5.32 Å². The van der Waals surface area contributed by atoms with Gasteiger partial charge in [0.1, 0.15) is 23.2 Å². The highest BCUT2D eigenvalue weighted by molar-refractivity contribution is 7.17. The van der Waals surface area contributed by atoms with Crippen LogP contribution in [0.5, 0.6) is 0 Å². The summed E-state index contributed by atoms with van der Waals surface area (Å²) in [7, 11) is 0. The lowest BCUT2D eigenvalue weighted by atomic mass is 9.95. The molecule has 0 saturated carbocycles. The maximum absolute atomic E-state index is 13.1. The number of nitrogens with one attached hydrogen (secondary N) is 1. The summed E-state index contributed by atoms with van der Waals surface area (Å²) in [5.41, 5.74) is 3.68. The molecule has 2 aromatic heterocycles. The number of para-hydroxylation sites is 1. The van der Waals surface area contributed by atoms with E-state index in [1.54, 1.807) is 11.6 Å². The van der Waals surface area contributed by atoms with E-state index in [4.69, 9.17) is 4.74 Å². The number of nitrogens with zero attached hydrogens (tertiary/aromatic N) is 3.